The third-order valence-electron chi connectivity index (χ3n) is 3.19. The number of carboxylic acid groups (broad SMARTS) is 1. The van der Waals surface area contributed by atoms with Crippen molar-refractivity contribution in [1.82, 2.24) is 5.32 Å². The Labute approximate surface area is 122 Å². The van der Waals surface area contributed by atoms with Crippen molar-refractivity contribution < 1.29 is 23.8 Å². The van der Waals surface area contributed by atoms with Gasteiger partial charge in [-0.05, 0) is 18.1 Å². The minimum absolute atomic E-state index is 0.0832. The first-order valence-electron chi connectivity index (χ1n) is 6.52. The van der Waals surface area contributed by atoms with Gasteiger partial charge >= 0.3 is 12.0 Å². The van der Waals surface area contributed by atoms with Gasteiger partial charge < -0.3 is 20.5 Å². The highest BCUT2D eigenvalue weighted by molar-refractivity contribution is 5.92. The summed E-state index contributed by atoms with van der Waals surface area (Å²) in [5.74, 6) is -1.64. The van der Waals surface area contributed by atoms with Crippen molar-refractivity contribution in [2.24, 2.45) is 5.92 Å². The zero-order chi connectivity index (χ0) is 16.0. The molecule has 6 nitrogen and oxygen atoms in total. The predicted octanol–water partition coefficient (Wildman–Crippen LogP) is 2.46. The highest BCUT2D eigenvalue weighted by Crippen LogP contribution is 2.21. The Kier molecular flexibility index (Phi) is 5.95. The van der Waals surface area contributed by atoms with Crippen molar-refractivity contribution in [3.05, 3.63) is 24.0 Å². The molecule has 0 spiro atoms. The number of halogens is 1. The second kappa shape index (κ2) is 7.47. The van der Waals surface area contributed by atoms with E-state index >= 15 is 0 Å². The maximum Gasteiger partial charge on any atom is 0.326 e. The van der Waals surface area contributed by atoms with E-state index in [1.807, 2.05) is 6.92 Å². The molecule has 0 aliphatic carbocycles. The third kappa shape index (κ3) is 4.62. The van der Waals surface area contributed by atoms with Crippen molar-refractivity contribution in [1.29, 1.82) is 0 Å². The first-order valence-corrected chi connectivity index (χ1v) is 6.52. The number of anilines is 1. The fourth-order valence-corrected chi connectivity index (χ4v) is 1.71. The van der Waals surface area contributed by atoms with E-state index in [1.165, 1.54) is 19.2 Å². The Morgan fingerprint density at radius 2 is 2.10 bits per heavy atom. The standard InChI is InChI=1S/C14H19FN2O4/c1-4-8(2)12(13(18)19)17-14(20)16-11-7-9(21-3)5-6-10(11)15/h5-8,12H,4H2,1-3H3,(H,18,19)(H2,16,17,20)/t8?,12-/m0/s1. The summed E-state index contributed by atoms with van der Waals surface area (Å²) in [6, 6.07) is 2.06. The molecule has 3 N–H and O–H groups in total. The van der Waals surface area contributed by atoms with E-state index in [2.05, 4.69) is 10.6 Å². The second-order valence-corrected chi connectivity index (χ2v) is 4.65. The summed E-state index contributed by atoms with van der Waals surface area (Å²) < 4.78 is 18.5. The molecule has 0 aliphatic heterocycles. The molecule has 0 heterocycles. The molecule has 21 heavy (non-hydrogen) atoms. The number of rotatable bonds is 6. The van der Waals surface area contributed by atoms with E-state index in [0.29, 0.717) is 12.2 Å². The van der Waals surface area contributed by atoms with E-state index < -0.39 is 23.9 Å². The predicted molar refractivity (Wildman–Crippen MR) is 76.0 cm³/mol. The molecular weight excluding hydrogens is 279 g/mol. The molecule has 0 aliphatic rings. The number of carbonyl (C=O) groups excluding carboxylic acids is 1. The second-order valence-electron chi connectivity index (χ2n) is 4.65. The van der Waals surface area contributed by atoms with Gasteiger partial charge in [0.25, 0.3) is 0 Å². The molecule has 1 aromatic carbocycles. The van der Waals surface area contributed by atoms with Crippen molar-refractivity contribution in [2.45, 2.75) is 26.3 Å². The number of ether oxygens (including phenoxy) is 1. The lowest BCUT2D eigenvalue weighted by Gasteiger charge is -2.20. The summed E-state index contributed by atoms with van der Waals surface area (Å²) in [4.78, 5) is 22.9. The number of hydrogen-bond donors (Lipinski definition) is 3. The first kappa shape index (κ1) is 16.7. The zero-order valence-electron chi connectivity index (χ0n) is 12.1. The van der Waals surface area contributed by atoms with Gasteiger partial charge in [0.15, 0.2) is 0 Å². The maximum absolute atomic E-state index is 13.6. The van der Waals surface area contributed by atoms with Crippen LogP contribution in [0.25, 0.3) is 0 Å². The lowest BCUT2D eigenvalue weighted by atomic mass is 9.99. The van der Waals surface area contributed by atoms with Crippen LogP contribution in [0.5, 0.6) is 5.75 Å². The average Bonchev–Trinajstić information content (AvgIpc) is 2.46. The summed E-state index contributed by atoms with van der Waals surface area (Å²) in [5, 5.41) is 13.7. The Morgan fingerprint density at radius 3 is 2.62 bits per heavy atom. The number of nitrogens with one attached hydrogen (secondary N) is 2. The van der Waals surface area contributed by atoms with Crippen molar-refractivity contribution in [3.63, 3.8) is 0 Å². The number of urea groups is 1. The Balaban J connectivity index is 2.79. The van der Waals surface area contributed by atoms with Crippen molar-refractivity contribution in [3.8, 4) is 5.75 Å². The van der Waals surface area contributed by atoms with Gasteiger partial charge in [-0.3, -0.25) is 0 Å². The van der Waals surface area contributed by atoms with E-state index in [9.17, 15) is 14.0 Å². The smallest absolute Gasteiger partial charge is 0.326 e. The number of methoxy groups -OCH3 is 1. The van der Waals surface area contributed by atoms with Gasteiger partial charge in [0.05, 0.1) is 12.8 Å². The van der Waals surface area contributed by atoms with Gasteiger partial charge in [0.2, 0.25) is 0 Å². The minimum atomic E-state index is -1.13. The lowest BCUT2D eigenvalue weighted by molar-refractivity contribution is -0.140. The number of hydrogen-bond acceptors (Lipinski definition) is 3. The van der Waals surface area contributed by atoms with E-state index in [0.717, 1.165) is 6.07 Å². The quantitative estimate of drug-likeness (QED) is 0.752. The largest absolute Gasteiger partial charge is 0.497 e. The summed E-state index contributed by atoms with van der Waals surface area (Å²) in [6.07, 6.45) is 0.588. The average molecular weight is 298 g/mol. The van der Waals surface area contributed by atoms with Crippen LogP contribution in [-0.4, -0.2) is 30.3 Å². The van der Waals surface area contributed by atoms with E-state index in [1.54, 1.807) is 6.92 Å². The van der Waals surface area contributed by atoms with Gasteiger partial charge in [-0.15, -0.1) is 0 Å². The zero-order valence-corrected chi connectivity index (χ0v) is 12.1. The Morgan fingerprint density at radius 1 is 1.43 bits per heavy atom. The summed E-state index contributed by atoms with van der Waals surface area (Å²) >= 11 is 0. The van der Waals surface area contributed by atoms with Crippen LogP contribution in [0.4, 0.5) is 14.9 Å². The molecule has 0 radical (unpaired) electrons. The van der Waals surface area contributed by atoms with Crippen LogP contribution in [0, 0.1) is 11.7 Å². The number of aliphatic carboxylic acids is 1. The fraction of sp³-hybridized carbons (Fsp3) is 0.429. The molecule has 116 valence electrons. The molecule has 2 atom stereocenters. The van der Waals surface area contributed by atoms with Gasteiger partial charge in [0, 0.05) is 6.07 Å². The summed E-state index contributed by atoms with van der Waals surface area (Å²) in [5.41, 5.74) is -0.0832. The van der Waals surface area contributed by atoms with Crippen LogP contribution in [0.3, 0.4) is 0 Å². The number of carbonyl (C=O) groups is 2. The van der Waals surface area contributed by atoms with Crippen LogP contribution >= 0.6 is 0 Å². The molecule has 7 heteroatoms. The van der Waals surface area contributed by atoms with Crippen LogP contribution in [0.15, 0.2) is 18.2 Å². The lowest BCUT2D eigenvalue weighted by Crippen LogP contribution is -2.46. The van der Waals surface area contributed by atoms with E-state index in [-0.39, 0.29) is 11.6 Å². The molecule has 0 bridgehead atoms. The van der Waals surface area contributed by atoms with Crippen LogP contribution in [0.2, 0.25) is 0 Å². The van der Waals surface area contributed by atoms with Crippen molar-refractivity contribution in [2.75, 3.05) is 12.4 Å². The highest BCUT2D eigenvalue weighted by Gasteiger charge is 2.25. The van der Waals surface area contributed by atoms with Crippen LogP contribution in [0.1, 0.15) is 20.3 Å². The highest BCUT2D eigenvalue weighted by atomic mass is 19.1. The molecular formula is C14H19FN2O4. The summed E-state index contributed by atoms with van der Waals surface area (Å²) in [7, 11) is 1.42. The van der Waals surface area contributed by atoms with Gasteiger partial charge in [-0.2, -0.15) is 0 Å². The molecule has 2 amide bonds. The number of carboxylic acids is 1. The summed E-state index contributed by atoms with van der Waals surface area (Å²) in [6.45, 7) is 3.53. The van der Waals surface area contributed by atoms with Crippen LogP contribution < -0.4 is 15.4 Å². The Bertz CT molecular complexity index is 522. The Hall–Kier alpha value is -2.31. The van der Waals surface area contributed by atoms with Gasteiger partial charge in [-0.1, -0.05) is 20.3 Å². The van der Waals surface area contributed by atoms with Gasteiger partial charge in [0.1, 0.15) is 17.6 Å². The monoisotopic (exact) mass is 298 g/mol. The SMILES string of the molecule is CCC(C)[C@H](NC(=O)Nc1cc(OC)ccc1F)C(=O)O. The molecule has 1 rings (SSSR count). The van der Waals surface area contributed by atoms with Gasteiger partial charge in [-0.25, -0.2) is 14.0 Å². The number of amides is 2. The minimum Gasteiger partial charge on any atom is -0.497 e. The topological polar surface area (TPSA) is 87.7 Å². The maximum atomic E-state index is 13.6. The molecule has 0 saturated heterocycles. The molecule has 0 saturated carbocycles. The molecule has 1 aromatic rings. The molecule has 1 unspecified atom stereocenters. The van der Waals surface area contributed by atoms with Crippen molar-refractivity contribution >= 4 is 17.7 Å². The number of benzene rings is 1. The third-order valence-corrected chi connectivity index (χ3v) is 3.19. The van der Waals surface area contributed by atoms with Crippen LogP contribution in [-0.2, 0) is 4.79 Å². The molecule has 0 fully saturated rings. The first-order chi connectivity index (χ1) is 9.88. The van der Waals surface area contributed by atoms with E-state index in [4.69, 9.17) is 9.84 Å². The fourth-order valence-electron chi connectivity index (χ4n) is 1.71. The molecule has 0 aromatic heterocycles. The normalized spacial score (nSPS) is 13.1.